The first-order valence-corrected chi connectivity index (χ1v) is 4.81. The highest BCUT2D eigenvalue weighted by Crippen LogP contribution is 2.24. The van der Waals surface area contributed by atoms with Gasteiger partial charge in [0.05, 0.1) is 16.7 Å². The van der Waals surface area contributed by atoms with Gasteiger partial charge in [0.2, 0.25) is 0 Å². The third-order valence-corrected chi connectivity index (χ3v) is 2.60. The Morgan fingerprint density at radius 2 is 2.00 bits per heavy atom. The Kier molecular flexibility index (Phi) is 2.23. The molecule has 0 unspecified atom stereocenters. The number of benzene rings is 1. The maximum Gasteiger partial charge on any atom is 0.335 e. The number of nitrogens with one attached hydrogen (secondary N) is 1. The van der Waals surface area contributed by atoms with E-state index in [2.05, 4.69) is 5.32 Å². The lowest BCUT2D eigenvalue weighted by atomic mass is 9.95. The van der Waals surface area contributed by atoms with Crippen LogP contribution in [0.15, 0.2) is 12.1 Å². The molecule has 5 nitrogen and oxygen atoms in total. The maximum absolute atomic E-state index is 11.5. The summed E-state index contributed by atoms with van der Waals surface area (Å²) in [5.41, 5.74) is 0.943. The molecule has 1 aliphatic rings. The Balaban J connectivity index is 2.75. The van der Waals surface area contributed by atoms with Gasteiger partial charge < -0.3 is 5.11 Å². The molecular weight excluding hydrogens is 210 g/mol. The summed E-state index contributed by atoms with van der Waals surface area (Å²) in [6.07, 6.45) is 0.394. The highest BCUT2D eigenvalue weighted by Gasteiger charge is 2.31. The molecule has 82 valence electrons. The lowest BCUT2D eigenvalue weighted by molar-refractivity contribution is 0.0695. The van der Waals surface area contributed by atoms with E-state index in [-0.39, 0.29) is 16.7 Å². The fourth-order valence-corrected chi connectivity index (χ4v) is 1.90. The van der Waals surface area contributed by atoms with E-state index in [0.29, 0.717) is 12.0 Å². The number of aromatic carboxylic acids is 1. The van der Waals surface area contributed by atoms with Crippen molar-refractivity contribution in [3.8, 4) is 0 Å². The van der Waals surface area contributed by atoms with E-state index in [1.165, 1.54) is 12.1 Å². The van der Waals surface area contributed by atoms with E-state index in [0.717, 1.165) is 0 Å². The predicted octanol–water partition coefficient (Wildman–Crippen LogP) is 0.831. The monoisotopic (exact) mass is 219 g/mol. The quantitative estimate of drug-likeness (QED) is 0.721. The van der Waals surface area contributed by atoms with Gasteiger partial charge in [0.15, 0.2) is 0 Å². The molecule has 0 aromatic heterocycles. The van der Waals surface area contributed by atoms with Crippen LogP contribution in [0.25, 0.3) is 0 Å². The second kappa shape index (κ2) is 3.44. The molecule has 0 bridgehead atoms. The number of hydrogen-bond donors (Lipinski definition) is 2. The average molecular weight is 219 g/mol. The van der Waals surface area contributed by atoms with Crippen molar-refractivity contribution in [2.24, 2.45) is 0 Å². The van der Waals surface area contributed by atoms with E-state index in [1.54, 1.807) is 6.92 Å². The van der Waals surface area contributed by atoms with Gasteiger partial charge in [-0.2, -0.15) is 0 Å². The number of carboxylic acids is 1. The molecule has 0 saturated heterocycles. The highest BCUT2D eigenvalue weighted by molar-refractivity contribution is 6.22. The smallest absolute Gasteiger partial charge is 0.335 e. The van der Waals surface area contributed by atoms with Crippen LogP contribution in [0, 0.1) is 0 Å². The second-order valence-corrected chi connectivity index (χ2v) is 3.46. The molecule has 0 saturated carbocycles. The van der Waals surface area contributed by atoms with Gasteiger partial charge in [-0.05, 0) is 24.1 Å². The first-order valence-electron chi connectivity index (χ1n) is 4.81. The number of carbonyl (C=O) groups excluding carboxylic acids is 2. The van der Waals surface area contributed by atoms with Gasteiger partial charge in [-0.15, -0.1) is 0 Å². The Bertz CT molecular complexity index is 519. The number of rotatable bonds is 2. The predicted molar refractivity (Wildman–Crippen MR) is 54.6 cm³/mol. The average Bonchev–Trinajstić information content (AvgIpc) is 2.53. The molecule has 0 radical (unpaired) electrons. The topological polar surface area (TPSA) is 83.5 Å². The molecule has 2 rings (SSSR count). The summed E-state index contributed by atoms with van der Waals surface area (Å²) in [5, 5.41) is 11.1. The van der Waals surface area contributed by atoms with Gasteiger partial charge in [0, 0.05) is 0 Å². The van der Waals surface area contributed by atoms with Crippen LogP contribution in [0.2, 0.25) is 0 Å². The number of fused-ring (bicyclic) bond motifs is 1. The third kappa shape index (κ3) is 1.29. The molecule has 1 aliphatic heterocycles. The summed E-state index contributed by atoms with van der Waals surface area (Å²) in [6.45, 7) is 1.75. The van der Waals surface area contributed by atoms with E-state index in [9.17, 15) is 14.4 Å². The minimum atomic E-state index is -1.09. The largest absolute Gasteiger partial charge is 0.478 e. The molecule has 1 aromatic carbocycles. The fourth-order valence-electron chi connectivity index (χ4n) is 1.90. The number of imide groups is 1. The van der Waals surface area contributed by atoms with E-state index in [1.807, 2.05) is 0 Å². The molecule has 2 amide bonds. The fraction of sp³-hybridized carbons (Fsp3) is 0.182. The summed E-state index contributed by atoms with van der Waals surface area (Å²) >= 11 is 0. The minimum absolute atomic E-state index is 0.0751. The van der Waals surface area contributed by atoms with Gasteiger partial charge in [-0.3, -0.25) is 14.9 Å². The van der Waals surface area contributed by atoms with Crippen molar-refractivity contribution in [2.45, 2.75) is 13.3 Å². The second-order valence-electron chi connectivity index (χ2n) is 3.46. The summed E-state index contributed by atoms with van der Waals surface area (Å²) in [6, 6.07) is 2.73. The molecule has 1 heterocycles. The standard InChI is InChI=1S/C11H9NO4/c1-2-5-6(11(15)16)3-4-7-8(5)10(14)12-9(7)13/h3-4H,2H2,1H3,(H,15,16)(H,12,13,14). The van der Waals surface area contributed by atoms with Crippen LogP contribution in [0.4, 0.5) is 0 Å². The van der Waals surface area contributed by atoms with Crippen LogP contribution >= 0.6 is 0 Å². The summed E-state index contributed by atoms with van der Waals surface area (Å²) < 4.78 is 0. The lowest BCUT2D eigenvalue weighted by Gasteiger charge is -2.06. The van der Waals surface area contributed by atoms with Crippen molar-refractivity contribution in [3.05, 3.63) is 34.4 Å². The number of hydrogen-bond acceptors (Lipinski definition) is 3. The normalized spacial score (nSPS) is 13.6. The number of carbonyl (C=O) groups is 3. The number of amides is 2. The zero-order chi connectivity index (χ0) is 11.9. The van der Waals surface area contributed by atoms with Crippen molar-refractivity contribution in [3.63, 3.8) is 0 Å². The molecule has 0 spiro atoms. The number of carboxylic acid groups (broad SMARTS) is 1. The Hall–Kier alpha value is -2.17. The van der Waals surface area contributed by atoms with Crippen molar-refractivity contribution >= 4 is 17.8 Å². The minimum Gasteiger partial charge on any atom is -0.478 e. The van der Waals surface area contributed by atoms with Crippen molar-refractivity contribution in [2.75, 3.05) is 0 Å². The van der Waals surface area contributed by atoms with Crippen molar-refractivity contribution < 1.29 is 19.5 Å². The van der Waals surface area contributed by atoms with Crippen molar-refractivity contribution in [1.82, 2.24) is 5.32 Å². The molecule has 5 heteroatoms. The Morgan fingerprint density at radius 1 is 1.31 bits per heavy atom. The van der Waals surface area contributed by atoms with Crippen LogP contribution in [-0.2, 0) is 6.42 Å². The summed E-state index contributed by atoms with van der Waals surface area (Å²) in [4.78, 5) is 33.8. The Labute approximate surface area is 91.1 Å². The Morgan fingerprint density at radius 3 is 2.56 bits per heavy atom. The van der Waals surface area contributed by atoms with Crippen LogP contribution in [-0.4, -0.2) is 22.9 Å². The first kappa shape index (κ1) is 10.4. The molecular formula is C11H9NO4. The SMILES string of the molecule is CCc1c(C(=O)O)ccc2c1C(=O)NC2=O. The molecule has 2 N–H and O–H groups in total. The highest BCUT2D eigenvalue weighted by atomic mass is 16.4. The van der Waals surface area contributed by atoms with E-state index < -0.39 is 17.8 Å². The molecule has 1 aromatic rings. The third-order valence-electron chi connectivity index (χ3n) is 2.60. The van der Waals surface area contributed by atoms with Gasteiger partial charge in [0.1, 0.15) is 0 Å². The van der Waals surface area contributed by atoms with Gasteiger partial charge in [-0.25, -0.2) is 4.79 Å². The van der Waals surface area contributed by atoms with E-state index >= 15 is 0 Å². The first-order chi connectivity index (χ1) is 7.56. The molecule has 16 heavy (non-hydrogen) atoms. The van der Waals surface area contributed by atoms with Crippen LogP contribution < -0.4 is 5.32 Å². The molecule has 0 atom stereocenters. The van der Waals surface area contributed by atoms with Crippen LogP contribution in [0.3, 0.4) is 0 Å². The summed E-state index contributed by atoms with van der Waals surface area (Å²) in [7, 11) is 0. The van der Waals surface area contributed by atoms with Gasteiger partial charge in [-0.1, -0.05) is 6.92 Å². The molecule has 0 fully saturated rings. The maximum atomic E-state index is 11.5. The van der Waals surface area contributed by atoms with Gasteiger partial charge >= 0.3 is 5.97 Å². The van der Waals surface area contributed by atoms with E-state index in [4.69, 9.17) is 5.11 Å². The van der Waals surface area contributed by atoms with Crippen molar-refractivity contribution in [1.29, 1.82) is 0 Å². The summed E-state index contributed by atoms with van der Waals surface area (Å²) in [5.74, 6) is -2.07. The zero-order valence-corrected chi connectivity index (χ0v) is 8.53. The van der Waals surface area contributed by atoms with Crippen LogP contribution in [0.5, 0.6) is 0 Å². The van der Waals surface area contributed by atoms with Crippen LogP contribution in [0.1, 0.15) is 43.6 Å². The zero-order valence-electron chi connectivity index (χ0n) is 8.53. The molecule has 0 aliphatic carbocycles. The lowest BCUT2D eigenvalue weighted by Crippen LogP contribution is -2.20. The van der Waals surface area contributed by atoms with Gasteiger partial charge in [0.25, 0.3) is 11.8 Å².